The van der Waals surface area contributed by atoms with Crippen molar-refractivity contribution >= 4 is 22.6 Å². The van der Waals surface area contributed by atoms with Crippen LogP contribution in [0.3, 0.4) is 0 Å². The molecule has 0 amide bonds. The number of rotatable bonds is 1. The lowest BCUT2D eigenvalue weighted by Gasteiger charge is -2.29. The van der Waals surface area contributed by atoms with Crippen LogP contribution in [-0.4, -0.2) is 17.6 Å². The molecule has 3 aromatic rings. The molecular weight excluding hydrogens is 258 g/mol. The fourth-order valence-electron chi connectivity index (χ4n) is 3.31. The van der Waals surface area contributed by atoms with E-state index in [9.17, 15) is 0 Å². The SMILES string of the molecule is Cc1cn2cccc2cc1N1c2ccccc2N(C)[C@@H]1C. The maximum atomic E-state index is 2.43. The van der Waals surface area contributed by atoms with Crippen LogP contribution in [0.5, 0.6) is 0 Å². The van der Waals surface area contributed by atoms with E-state index < -0.39 is 0 Å². The number of pyridine rings is 1. The van der Waals surface area contributed by atoms with Gasteiger partial charge in [-0.1, -0.05) is 12.1 Å². The molecule has 1 atom stereocenters. The predicted octanol–water partition coefficient (Wildman–Crippen LogP) is 4.18. The maximum absolute atomic E-state index is 2.43. The highest BCUT2D eigenvalue weighted by molar-refractivity contribution is 5.85. The highest BCUT2D eigenvalue weighted by atomic mass is 15.4. The highest BCUT2D eigenvalue weighted by Gasteiger charge is 2.31. The van der Waals surface area contributed by atoms with Crippen LogP contribution >= 0.6 is 0 Å². The molecular formula is C18H19N3. The number of fused-ring (bicyclic) bond motifs is 2. The number of anilines is 3. The van der Waals surface area contributed by atoms with E-state index in [0.717, 1.165) is 0 Å². The number of aryl methyl sites for hydroxylation is 1. The van der Waals surface area contributed by atoms with Crippen molar-refractivity contribution in [2.24, 2.45) is 0 Å². The van der Waals surface area contributed by atoms with Crippen LogP contribution < -0.4 is 9.80 Å². The molecule has 0 spiro atoms. The average Bonchev–Trinajstić information content (AvgIpc) is 3.03. The summed E-state index contributed by atoms with van der Waals surface area (Å²) in [4.78, 5) is 4.76. The minimum atomic E-state index is 0.318. The van der Waals surface area contributed by atoms with Crippen molar-refractivity contribution in [3.05, 3.63) is 60.4 Å². The average molecular weight is 277 g/mol. The van der Waals surface area contributed by atoms with Gasteiger partial charge >= 0.3 is 0 Å². The van der Waals surface area contributed by atoms with Crippen molar-refractivity contribution in [1.29, 1.82) is 0 Å². The van der Waals surface area contributed by atoms with Gasteiger partial charge in [-0.15, -0.1) is 0 Å². The molecule has 0 radical (unpaired) electrons. The fraction of sp³-hybridized carbons (Fsp3) is 0.222. The lowest BCUT2D eigenvalue weighted by Crippen LogP contribution is -2.35. The zero-order chi connectivity index (χ0) is 14.6. The lowest BCUT2D eigenvalue weighted by atomic mass is 10.2. The smallest absolute Gasteiger partial charge is 0.103 e. The number of hydrogen-bond acceptors (Lipinski definition) is 2. The Labute approximate surface area is 125 Å². The predicted molar refractivity (Wildman–Crippen MR) is 88.6 cm³/mol. The Bertz CT molecular complexity index is 818. The monoisotopic (exact) mass is 277 g/mol. The normalized spacial score (nSPS) is 17.6. The van der Waals surface area contributed by atoms with Crippen molar-refractivity contribution in [3.8, 4) is 0 Å². The van der Waals surface area contributed by atoms with Crippen LogP contribution in [-0.2, 0) is 0 Å². The first-order valence-corrected chi connectivity index (χ1v) is 7.35. The minimum absolute atomic E-state index is 0.318. The van der Waals surface area contributed by atoms with Crippen molar-refractivity contribution in [3.63, 3.8) is 0 Å². The Morgan fingerprint density at radius 1 is 0.952 bits per heavy atom. The van der Waals surface area contributed by atoms with Crippen molar-refractivity contribution in [1.82, 2.24) is 4.40 Å². The van der Waals surface area contributed by atoms with Crippen LogP contribution in [0.1, 0.15) is 12.5 Å². The first-order valence-electron chi connectivity index (χ1n) is 7.35. The molecule has 0 fully saturated rings. The van der Waals surface area contributed by atoms with Gasteiger partial charge in [-0.3, -0.25) is 0 Å². The van der Waals surface area contributed by atoms with Gasteiger partial charge in [0.15, 0.2) is 0 Å². The van der Waals surface area contributed by atoms with Crippen LogP contribution in [0.15, 0.2) is 54.9 Å². The third-order valence-electron chi connectivity index (χ3n) is 4.55. The summed E-state index contributed by atoms with van der Waals surface area (Å²) in [5, 5.41) is 0. The molecule has 2 aromatic heterocycles. The van der Waals surface area contributed by atoms with Crippen LogP contribution in [0, 0.1) is 6.92 Å². The second kappa shape index (κ2) is 4.29. The third kappa shape index (κ3) is 1.67. The Morgan fingerprint density at radius 3 is 2.52 bits per heavy atom. The number of para-hydroxylation sites is 2. The van der Waals surface area contributed by atoms with Gasteiger partial charge < -0.3 is 14.2 Å². The molecule has 0 bridgehead atoms. The summed E-state index contributed by atoms with van der Waals surface area (Å²) in [6, 6.07) is 15.1. The summed E-state index contributed by atoms with van der Waals surface area (Å²) >= 11 is 0. The molecule has 1 aromatic carbocycles. The van der Waals surface area contributed by atoms with Gasteiger partial charge in [0.1, 0.15) is 6.17 Å². The van der Waals surface area contributed by atoms with E-state index in [1.807, 2.05) is 0 Å². The first-order chi connectivity index (χ1) is 10.2. The highest BCUT2D eigenvalue weighted by Crippen LogP contribution is 2.44. The molecule has 3 heteroatoms. The molecule has 1 aliphatic heterocycles. The summed E-state index contributed by atoms with van der Waals surface area (Å²) in [7, 11) is 2.16. The van der Waals surface area contributed by atoms with Crippen molar-refractivity contribution in [2.45, 2.75) is 20.0 Å². The summed E-state index contributed by atoms with van der Waals surface area (Å²) in [6.45, 7) is 4.43. The van der Waals surface area contributed by atoms with Crippen LogP contribution in [0.25, 0.3) is 5.52 Å². The van der Waals surface area contributed by atoms with Crippen molar-refractivity contribution < 1.29 is 0 Å². The number of hydrogen-bond donors (Lipinski definition) is 0. The van der Waals surface area contributed by atoms with Gasteiger partial charge in [0.2, 0.25) is 0 Å². The zero-order valence-corrected chi connectivity index (χ0v) is 12.6. The topological polar surface area (TPSA) is 10.9 Å². The molecule has 4 rings (SSSR count). The Hall–Kier alpha value is -2.42. The summed E-state index contributed by atoms with van der Waals surface area (Å²) < 4.78 is 2.18. The zero-order valence-electron chi connectivity index (χ0n) is 12.6. The second-order valence-corrected chi connectivity index (χ2v) is 5.78. The second-order valence-electron chi connectivity index (χ2n) is 5.78. The summed E-state index contributed by atoms with van der Waals surface area (Å²) in [6.07, 6.45) is 4.62. The van der Waals surface area contributed by atoms with Crippen LogP contribution in [0.2, 0.25) is 0 Å². The van der Waals surface area contributed by atoms with Gasteiger partial charge in [-0.25, -0.2) is 0 Å². The summed E-state index contributed by atoms with van der Waals surface area (Å²) in [5.74, 6) is 0. The van der Waals surface area contributed by atoms with E-state index >= 15 is 0 Å². The van der Waals surface area contributed by atoms with E-state index in [4.69, 9.17) is 0 Å². The molecule has 106 valence electrons. The fourth-order valence-corrected chi connectivity index (χ4v) is 3.31. The first kappa shape index (κ1) is 12.3. The molecule has 0 N–H and O–H groups in total. The van der Waals surface area contributed by atoms with E-state index in [0.29, 0.717) is 6.17 Å². The standard InChI is InChI=1S/C18H19N3/c1-13-12-20-10-6-7-15(20)11-18(13)21-14(2)19(3)16-8-4-5-9-17(16)21/h4-12,14H,1-3H3/t14-/m0/s1. The quantitative estimate of drug-likeness (QED) is 0.660. The van der Waals surface area contributed by atoms with E-state index in [2.05, 4.69) is 90.0 Å². The van der Waals surface area contributed by atoms with E-state index in [1.165, 1.54) is 28.1 Å². The molecule has 3 nitrogen and oxygen atoms in total. The number of benzene rings is 1. The number of nitrogens with zero attached hydrogens (tertiary/aromatic N) is 3. The van der Waals surface area contributed by atoms with Gasteiger partial charge in [0, 0.05) is 30.6 Å². The number of aromatic nitrogens is 1. The Morgan fingerprint density at radius 2 is 1.71 bits per heavy atom. The maximum Gasteiger partial charge on any atom is 0.103 e. The Balaban J connectivity index is 1.93. The third-order valence-corrected chi connectivity index (χ3v) is 4.55. The molecule has 1 aliphatic rings. The Kier molecular flexibility index (Phi) is 2.52. The molecule has 0 saturated heterocycles. The summed E-state index contributed by atoms with van der Waals surface area (Å²) in [5.41, 5.74) is 6.38. The van der Waals surface area contributed by atoms with Gasteiger partial charge in [-0.05, 0) is 49.7 Å². The molecule has 0 unspecified atom stereocenters. The minimum Gasteiger partial charge on any atom is -0.353 e. The largest absolute Gasteiger partial charge is 0.353 e. The van der Waals surface area contributed by atoms with Crippen molar-refractivity contribution in [2.75, 3.05) is 16.8 Å². The van der Waals surface area contributed by atoms with E-state index in [1.54, 1.807) is 0 Å². The van der Waals surface area contributed by atoms with E-state index in [-0.39, 0.29) is 0 Å². The molecule has 0 aliphatic carbocycles. The molecule has 21 heavy (non-hydrogen) atoms. The van der Waals surface area contributed by atoms with Crippen LogP contribution in [0.4, 0.5) is 17.1 Å². The molecule has 0 saturated carbocycles. The van der Waals surface area contributed by atoms with Gasteiger partial charge in [-0.2, -0.15) is 0 Å². The molecule has 3 heterocycles. The lowest BCUT2D eigenvalue weighted by molar-refractivity contribution is 0.732. The van der Waals surface area contributed by atoms with Gasteiger partial charge in [0.25, 0.3) is 0 Å². The van der Waals surface area contributed by atoms with Gasteiger partial charge in [0.05, 0.1) is 11.4 Å².